The normalized spacial score (nSPS) is 17.4. The zero-order valence-corrected chi connectivity index (χ0v) is 17.7. The third-order valence-corrected chi connectivity index (χ3v) is 6.30. The van der Waals surface area contributed by atoms with Gasteiger partial charge in [0.15, 0.2) is 0 Å². The van der Waals surface area contributed by atoms with Gasteiger partial charge in [-0.1, -0.05) is 90.4 Å². The minimum Gasteiger partial charge on any atom is -0.345 e. The van der Waals surface area contributed by atoms with Crippen LogP contribution in [0.5, 0.6) is 0 Å². The largest absolute Gasteiger partial charge is 0.345 e. The Morgan fingerprint density at radius 2 is 1.19 bits per heavy atom. The number of nitrogens with zero attached hydrogens (tertiary/aromatic N) is 2. The molecule has 0 saturated carbocycles. The van der Waals surface area contributed by atoms with E-state index in [-0.39, 0.29) is 0 Å². The van der Waals surface area contributed by atoms with E-state index in [2.05, 4.69) is 6.92 Å². The second-order valence-electron chi connectivity index (χ2n) is 7.64. The van der Waals surface area contributed by atoms with Crippen molar-refractivity contribution in [1.29, 1.82) is 0 Å². The van der Waals surface area contributed by atoms with Gasteiger partial charge >= 0.3 is 10.1 Å². The molecule has 0 aromatic rings. The molecule has 0 radical (unpaired) electrons. The van der Waals surface area contributed by atoms with Gasteiger partial charge in [0.2, 0.25) is 5.50 Å². The summed E-state index contributed by atoms with van der Waals surface area (Å²) in [7, 11) is -2.41. The van der Waals surface area contributed by atoms with E-state index in [9.17, 15) is 13.0 Å². The quantitative estimate of drug-likeness (QED) is 0.285. The van der Waals surface area contributed by atoms with Crippen LogP contribution in [-0.2, 0) is 10.1 Å². The Balaban J connectivity index is 1.92. The van der Waals surface area contributed by atoms with Crippen molar-refractivity contribution in [3.63, 3.8) is 0 Å². The Labute approximate surface area is 161 Å². The fraction of sp³-hybridized carbons (Fsp3) is 0.900. The van der Waals surface area contributed by atoms with Crippen LogP contribution in [0.2, 0.25) is 0 Å². The van der Waals surface area contributed by atoms with Gasteiger partial charge in [0.1, 0.15) is 0 Å². The lowest BCUT2D eigenvalue weighted by Crippen LogP contribution is -2.43. The van der Waals surface area contributed by atoms with Crippen LogP contribution < -0.4 is 0 Å². The summed E-state index contributed by atoms with van der Waals surface area (Å²) in [6.45, 7) is 2.93. The molecule has 5 nitrogen and oxygen atoms in total. The summed E-state index contributed by atoms with van der Waals surface area (Å²) in [5, 5.41) is 0. The van der Waals surface area contributed by atoms with Crippen molar-refractivity contribution in [3.05, 3.63) is 12.4 Å². The molecule has 1 unspecified atom stereocenters. The summed E-state index contributed by atoms with van der Waals surface area (Å²) in [6.07, 6.45) is 21.8. The Kier molecular flexibility index (Phi) is 12.0. The molecule has 0 aliphatic carbocycles. The van der Waals surface area contributed by atoms with Gasteiger partial charge in [0.05, 0.1) is 0 Å². The Hall–Kier alpha value is -0.750. The molecular formula is C20H40N2O3S. The summed E-state index contributed by atoms with van der Waals surface area (Å²) in [5.41, 5.74) is -0.954. The van der Waals surface area contributed by atoms with Crippen molar-refractivity contribution < 1.29 is 13.0 Å². The molecule has 0 aromatic heterocycles. The highest BCUT2D eigenvalue weighted by atomic mass is 32.2. The Morgan fingerprint density at radius 3 is 1.62 bits per heavy atom. The molecule has 26 heavy (non-hydrogen) atoms. The predicted molar refractivity (Wildman–Crippen MR) is 109 cm³/mol. The molecule has 0 aromatic carbocycles. The van der Waals surface area contributed by atoms with Gasteiger partial charge in [-0.2, -0.15) is 8.42 Å². The minimum atomic E-state index is -4.08. The van der Waals surface area contributed by atoms with Crippen LogP contribution in [0.15, 0.2) is 12.4 Å². The summed E-state index contributed by atoms with van der Waals surface area (Å²) >= 11 is 0. The fourth-order valence-electron chi connectivity index (χ4n) is 3.63. The fourth-order valence-corrected chi connectivity index (χ4v) is 4.64. The number of unbranched alkanes of at least 4 members (excludes halogenated alkanes) is 13. The average Bonchev–Trinajstić information content (AvgIpc) is 2.96. The van der Waals surface area contributed by atoms with Crippen LogP contribution in [0.4, 0.5) is 0 Å². The topological polar surface area (TPSA) is 60.9 Å². The highest BCUT2D eigenvalue weighted by Gasteiger charge is 2.34. The third kappa shape index (κ3) is 9.81. The van der Waals surface area contributed by atoms with Crippen LogP contribution in [0.25, 0.3) is 0 Å². The molecule has 1 N–H and O–H groups in total. The van der Waals surface area contributed by atoms with Crippen LogP contribution in [-0.4, -0.2) is 41.9 Å². The molecule has 0 bridgehead atoms. The van der Waals surface area contributed by atoms with Crippen LogP contribution >= 0.6 is 0 Å². The van der Waals surface area contributed by atoms with E-state index in [1.54, 1.807) is 24.3 Å². The Morgan fingerprint density at radius 1 is 0.769 bits per heavy atom. The van der Waals surface area contributed by atoms with E-state index in [1.807, 2.05) is 0 Å². The third-order valence-electron chi connectivity index (χ3n) is 5.16. The lowest BCUT2D eigenvalue weighted by atomic mass is 10.0. The second-order valence-corrected chi connectivity index (χ2v) is 9.09. The van der Waals surface area contributed by atoms with Crippen molar-refractivity contribution in [2.24, 2.45) is 0 Å². The smallest absolute Gasteiger partial charge is 0.306 e. The van der Waals surface area contributed by atoms with Gasteiger partial charge in [0.25, 0.3) is 0 Å². The molecule has 6 heteroatoms. The number of hydrogen-bond acceptors (Lipinski definition) is 4. The molecule has 1 atom stereocenters. The van der Waals surface area contributed by atoms with Crippen molar-refractivity contribution in [2.75, 3.05) is 13.6 Å². The van der Waals surface area contributed by atoms with Crippen molar-refractivity contribution in [2.45, 2.75) is 102 Å². The average molecular weight is 389 g/mol. The molecule has 0 fully saturated rings. The maximum Gasteiger partial charge on any atom is 0.306 e. The van der Waals surface area contributed by atoms with E-state index in [0.717, 1.165) is 12.8 Å². The van der Waals surface area contributed by atoms with Gasteiger partial charge in [0, 0.05) is 26.0 Å². The maximum absolute atomic E-state index is 11.4. The zero-order chi connectivity index (χ0) is 19.3. The summed E-state index contributed by atoms with van der Waals surface area (Å²) < 4.78 is 32.2. The van der Waals surface area contributed by atoms with E-state index in [0.29, 0.717) is 6.54 Å². The number of hydrogen-bond donors (Lipinski definition) is 1. The molecule has 0 saturated heterocycles. The Bertz CT molecular complexity index is 479. The van der Waals surface area contributed by atoms with E-state index in [4.69, 9.17) is 0 Å². The van der Waals surface area contributed by atoms with Crippen LogP contribution in [0.1, 0.15) is 96.8 Å². The first-order valence-electron chi connectivity index (χ1n) is 10.6. The zero-order valence-electron chi connectivity index (χ0n) is 16.9. The van der Waals surface area contributed by atoms with Gasteiger partial charge < -0.3 is 9.80 Å². The van der Waals surface area contributed by atoms with E-state index < -0.39 is 15.6 Å². The second kappa shape index (κ2) is 13.4. The minimum absolute atomic E-state index is 0.670. The summed E-state index contributed by atoms with van der Waals surface area (Å²) in [4.78, 5) is 3.23. The van der Waals surface area contributed by atoms with Crippen molar-refractivity contribution >= 4 is 10.1 Å². The molecular weight excluding hydrogens is 348 g/mol. The van der Waals surface area contributed by atoms with Gasteiger partial charge in [-0.3, -0.25) is 4.55 Å². The highest BCUT2D eigenvalue weighted by molar-refractivity contribution is 7.86. The molecule has 1 aliphatic heterocycles. The maximum atomic E-state index is 11.4. The summed E-state index contributed by atoms with van der Waals surface area (Å²) in [5.74, 6) is 0. The highest BCUT2D eigenvalue weighted by Crippen LogP contribution is 2.19. The first-order valence-corrected chi connectivity index (χ1v) is 12.1. The van der Waals surface area contributed by atoms with Crippen molar-refractivity contribution in [3.8, 4) is 0 Å². The summed E-state index contributed by atoms with van der Waals surface area (Å²) in [6, 6.07) is 0. The van der Waals surface area contributed by atoms with Crippen LogP contribution in [0.3, 0.4) is 0 Å². The standard InChI is InChI=1S/C20H40N2O3S/c1-3-4-5-6-7-8-9-10-11-12-13-14-15-16-17-22-19-18-21(2)20(22)26(23,24)25/h18-20H,3-17H2,1-2H3,(H,23,24,25). The first-order chi connectivity index (χ1) is 12.5. The SMILES string of the molecule is CCCCCCCCCCCCCCCCN1C=CN(C)C1S(=O)(=O)O. The first kappa shape index (κ1) is 23.3. The number of rotatable bonds is 16. The van der Waals surface area contributed by atoms with E-state index >= 15 is 0 Å². The van der Waals surface area contributed by atoms with Gasteiger partial charge in [-0.25, -0.2) is 0 Å². The molecule has 1 rings (SSSR count). The lowest BCUT2D eigenvalue weighted by Gasteiger charge is -2.27. The monoisotopic (exact) mass is 388 g/mol. The molecule has 154 valence electrons. The molecule has 0 amide bonds. The van der Waals surface area contributed by atoms with E-state index in [1.165, 1.54) is 81.9 Å². The predicted octanol–water partition coefficient (Wildman–Crippen LogP) is 5.36. The van der Waals surface area contributed by atoms with Gasteiger partial charge in [-0.15, -0.1) is 0 Å². The molecule has 1 aliphatic rings. The van der Waals surface area contributed by atoms with Crippen molar-refractivity contribution in [1.82, 2.24) is 9.80 Å². The molecule has 1 heterocycles. The lowest BCUT2D eigenvalue weighted by molar-refractivity contribution is 0.230. The van der Waals surface area contributed by atoms with Crippen LogP contribution in [0, 0.1) is 0 Å². The molecule has 0 spiro atoms. The van der Waals surface area contributed by atoms with Gasteiger partial charge in [-0.05, 0) is 6.42 Å².